The molecule has 1 heterocycles. The van der Waals surface area contributed by atoms with E-state index in [0.717, 1.165) is 21.6 Å². The number of imide groups is 1. The van der Waals surface area contributed by atoms with Gasteiger partial charge in [0.05, 0.1) is 24.7 Å². The molecule has 0 saturated carbocycles. The van der Waals surface area contributed by atoms with E-state index in [1.54, 1.807) is 61.0 Å². The molecule has 0 spiro atoms. The van der Waals surface area contributed by atoms with Gasteiger partial charge in [-0.1, -0.05) is 91.0 Å². The van der Waals surface area contributed by atoms with Crippen molar-refractivity contribution in [2.24, 2.45) is 0 Å². The molecule has 3 aromatic carbocycles. The summed E-state index contributed by atoms with van der Waals surface area (Å²) in [5.74, 6) is -1.78. The lowest BCUT2D eigenvalue weighted by Crippen LogP contribution is -2.44. The van der Waals surface area contributed by atoms with E-state index in [9.17, 15) is 19.5 Å². The Hall–Kier alpha value is -4.96. The van der Waals surface area contributed by atoms with Crippen molar-refractivity contribution in [1.29, 1.82) is 0 Å². The van der Waals surface area contributed by atoms with E-state index in [0.29, 0.717) is 5.69 Å². The molecule has 0 aliphatic carbocycles. The summed E-state index contributed by atoms with van der Waals surface area (Å²) in [4.78, 5) is 45.1. The minimum Gasteiger partial charge on any atom is -0.465 e. The van der Waals surface area contributed by atoms with E-state index in [-0.39, 0.29) is 26.0 Å². The third kappa shape index (κ3) is 9.18. The van der Waals surface area contributed by atoms with Crippen molar-refractivity contribution in [3.05, 3.63) is 126 Å². The number of amides is 2. The summed E-state index contributed by atoms with van der Waals surface area (Å²) in [6.45, 7) is 11.9. The zero-order chi connectivity index (χ0) is 36.5. The number of benzene rings is 3. The molecule has 1 aromatic heterocycles. The van der Waals surface area contributed by atoms with E-state index in [1.807, 2.05) is 59.2 Å². The summed E-state index contributed by atoms with van der Waals surface area (Å²) in [5, 5.41) is 11.6. The summed E-state index contributed by atoms with van der Waals surface area (Å²) in [5.41, 5.74) is 0.662. The van der Waals surface area contributed by atoms with Crippen LogP contribution in [-0.4, -0.2) is 68.2 Å². The van der Waals surface area contributed by atoms with Gasteiger partial charge in [-0.2, -0.15) is 0 Å². The number of esters is 1. The Morgan fingerprint density at radius 1 is 0.760 bits per heavy atom. The van der Waals surface area contributed by atoms with Crippen LogP contribution >= 0.6 is 0 Å². The van der Waals surface area contributed by atoms with E-state index >= 15 is 0 Å². The van der Waals surface area contributed by atoms with Crippen molar-refractivity contribution in [2.45, 2.75) is 90.1 Å². The Bertz CT molecular complexity index is 1570. The van der Waals surface area contributed by atoms with Gasteiger partial charge in [0.15, 0.2) is 0 Å². The molecule has 50 heavy (non-hydrogen) atoms. The Morgan fingerprint density at radius 2 is 1.20 bits per heavy atom. The van der Waals surface area contributed by atoms with Crippen LogP contribution in [0.4, 0.5) is 9.59 Å². The number of aliphatic hydroxyl groups is 1. The van der Waals surface area contributed by atoms with Crippen molar-refractivity contribution in [3.63, 3.8) is 0 Å². The number of aliphatic hydroxyl groups excluding tert-OH is 1. The second kappa shape index (κ2) is 16.2. The molecule has 2 unspecified atom stereocenters. The van der Waals surface area contributed by atoms with Crippen molar-refractivity contribution in [3.8, 4) is 0 Å². The Labute approximate surface area is 295 Å². The minimum atomic E-state index is -1.25. The van der Waals surface area contributed by atoms with E-state index in [2.05, 4.69) is 36.4 Å². The molecule has 2 atom stereocenters. The summed E-state index contributed by atoms with van der Waals surface area (Å²) >= 11 is 0. The number of hydrogen-bond donors (Lipinski definition) is 1. The standard InChI is InChI=1S/C40H49N3O7/c1-8-48-35(45)34(33(44)25-18-26-43(36(46)49-38(2,3)4)37(47)50-39(5,6)7)32-27-42(28-41-32)40(29-19-12-9-13-20-29,30-21-14-10-15-22-30)31-23-16-11-17-24-31/h9-17,19-24,27-28,33-34,44H,8,18,25-26H2,1-7H3. The lowest BCUT2D eigenvalue weighted by Gasteiger charge is -2.37. The SMILES string of the molecule is CCOC(=O)C(c1cn(C(c2ccccc2)(c2ccccc2)c2ccccc2)cn1)C(O)CCCN(C(=O)OC(C)(C)C)C(=O)OC(C)(C)C. The second-order valence-electron chi connectivity index (χ2n) is 14.1. The molecule has 0 radical (unpaired) electrons. The highest BCUT2D eigenvalue weighted by Crippen LogP contribution is 2.41. The van der Waals surface area contributed by atoms with Crippen LogP contribution in [0.5, 0.6) is 0 Å². The molecule has 1 N–H and O–H groups in total. The van der Waals surface area contributed by atoms with Gasteiger partial charge in [-0.3, -0.25) is 4.79 Å². The van der Waals surface area contributed by atoms with Gasteiger partial charge in [0.1, 0.15) is 22.7 Å². The molecule has 0 aliphatic rings. The quantitative estimate of drug-likeness (QED) is 0.0917. The zero-order valence-electron chi connectivity index (χ0n) is 30.0. The smallest absolute Gasteiger partial charge is 0.419 e. The fourth-order valence-corrected chi connectivity index (χ4v) is 5.89. The van der Waals surface area contributed by atoms with Crippen molar-refractivity contribution in [1.82, 2.24) is 14.5 Å². The largest absolute Gasteiger partial charge is 0.465 e. The van der Waals surface area contributed by atoms with E-state index in [1.165, 1.54) is 0 Å². The number of carbonyl (C=O) groups is 3. The second-order valence-corrected chi connectivity index (χ2v) is 14.1. The van der Waals surface area contributed by atoms with Gasteiger partial charge in [-0.15, -0.1) is 0 Å². The highest BCUT2D eigenvalue weighted by atomic mass is 16.6. The molecule has 0 bridgehead atoms. The number of hydrogen-bond acceptors (Lipinski definition) is 8. The first-order valence-electron chi connectivity index (χ1n) is 17.0. The number of rotatable bonds is 12. The number of aromatic nitrogens is 2. The first-order chi connectivity index (χ1) is 23.7. The molecular weight excluding hydrogens is 634 g/mol. The van der Waals surface area contributed by atoms with Crippen LogP contribution in [0.3, 0.4) is 0 Å². The molecule has 4 rings (SSSR count). The van der Waals surface area contributed by atoms with Crippen LogP contribution in [0, 0.1) is 0 Å². The highest BCUT2D eigenvalue weighted by Gasteiger charge is 2.40. The van der Waals surface area contributed by atoms with Crippen molar-refractivity contribution < 1.29 is 33.7 Å². The molecule has 266 valence electrons. The number of carbonyl (C=O) groups excluding carboxylic acids is 3. The maximum atomic E-state index is 13.5. The Morgan fingerprint density at radius 3 is 1.60 bits per heavy atom. The first kappa shape index (κ1) is 37.9. The topological polar surface area (TPSA) is 120 Å². The van der Waals surface area contributed by atoms with Crippen LogP contribution in [0.2, 0.25) is 0 Å². The van der Waals surface area contributed by atoms with Gasteiger partial charge in [0.2, 0.25) is 0 Å². The number of imidazole rings is 1. The summed E-state index contributed by atoms with van der Waals surface area (Å²) < 4.78 is 18.3. The zero-order valence-corrected chi connectivity index (χ0v) is 30.0. The molecule has 0 aliphatic heterocycles. The monoisotopic (exact) mass is 683 g/mol. The lowest BCUT2D eigenvalue weighted by molar-refractivity contribution is -0.148. The molecule has 2 amide bonds. The molecular formula is C40H49N3O7. The van der Waals surface area contributed by atoms with Crippen LogP contribution < -0.4 is 0 Å². The number of ether oxygens (including phenoxy) is 3. The lowest BCUT2D eigenvalue weighted by atomic mass is 9.76. The van der Waals surface area contributed by atoms with Gasteiger partial charge in [0.25, 0.3) is 0 Å². The maximum Gasteiger partial charge on any atom is 0.419 e. The number of nitrogens with zero attached hydrogens (tertiary/aromatic N) is 3. The van der Waals surface area contributed by atoms with E-state index in [4.69, 9.17) is 19.2 Å². The van der Waals surface area contributed by atoms with Crippen LogP contribution in [-0.2, 0) is 24.5 Å². The van der Waals surface area contributed by atoms with Crippen LogP contribution in [0.15, 0.2) is 104 Å². The Kier molecular flexibility index (Phi) is 12.2. The van der Waals surface area contributed by atoms with Gasteiger partial charge >= 0.3 is 18.2 Å². The van der Waals surface area contributed by atoms with Gasteiger partial charge in [-0.05, 0) is 78.0 Å². The Balaban J connectivity index is 1.70. The third-order valence-corrected chi connectivity index (χ3v) is 7.92. The molecule has 10 heteroatoms. The molecule has 4 aromatic rings. The third-order valence-electron chi connectivity index (χ3n) is 7.92. The molecule has 10 nitrogen and oxygen atoms in total. The van der Waals surface area contributed by atoms with E-state index < -0.39 is 46.9 Å². The fourth-order valence-electron chi connectivity index (χ4n) is 5.89. The minimum absolute atomic E-state index is 0.0413. The van der Waals surface area contributed by atoms with Crippen LogP contribution in [0.25, 0.3) is 0 Å². The summed E-state index contributed by atoms with van der Waals surface area (Å²) in [6.07, 6.45) is 0.676. The van der Waals surface area contributed by atoms with Crippen molar-refractivity contribution in [2.75, 3.05) is 13.2 Å². The van der Waals surface area contributed by atoms with Gasteiger partial charge in [0, 0.05) is 12.7 Å². The van der Waals surface area contributed by atoms with Gasteiger partial charge < -0.3 is 23.9 Å². The first-order valence-corrected chi connectivity index (χ1v) is 17.0. The normalized spacial score (nSPS) is 13.2. The van der Waals surface area contributed by atoms with Crippen LogP contribution in [0.1, 0.15) is 89.6 Å². The predicted molar refractivity (Wildman–Crippen MR) is 191 cm³/mol. The molecule has 0 saturated heterocycles. The maximum absolute atomic E-state index is 13.5. The average Bonchev–Trinajstić information content (AvgIpc) is 3.53. The summed E-state index contributed by atoms with van der Waals surface area (Å²) in [6, 6.07) is 30.1. The average molecular weight is 684 g/mol. The summed E-state index contributed by atoms with van der Waals surface area (Å²) in [7, 11) is 0. The highest BCUT2D eigenvalue weighted by molar-refractivity contribution is 5.88. The fraction of sp³-hybridized carbons (Fsp3) is 0.400. The van der Waals surface area contributed by atoms with Gasteiger partial charge in [-0.25, -0.2) is 19.5 Å². The van der Waals surface area contributed by atoms with Crippen molar-refractivity contribution >= 4 is 18.2 Å². The molecule has 0 fully saturated rings. The predicted octanol–water partition coefficient (Wildman–Crippen LogP) is 7.68.